The molecule has 0 bridgehead atoms. The van der Waals surface area contributed by atoms with E-state index in [-0.39, 0.29) is 23.2 Å². The largest absolute Gasteiger partial charge is 0.497 e. The Kier molecular flexibility index (Phi) is 3.73. The first kappa shape index (κ1) is 13.0. The summed E-state index contributed by atoms with van der Waals surface area (Å²) >= 11 is 0. The maximum absolute atomic E-state index is 12.7. The molecule has 0 spiro atoms. The van der Waals surface area contributed by atoms with E-state index in [1.165, 1.54) is 13.2 Å². The third-order valence-electron chi connectivity index (χ3n) is 2.18. The van der Waals surface area contributed by atoms with E-state index in [9.17, 15) is 18.0 Å². The number of rotatable bonds is 3. The van der Waals surface area contributed by atoms with Crippen LogP contribution < -0.4 is 4.74 Å². The number of nitrogens with zero attached hydrogens (tertiary/aromatic N) is 1. The van der Waals surface area contributed by atoms with Crippen molar-refractivity contribution in [3.8, 4) is 11.8 Å². The van der Waals surface area contributed by atoms with E-state index in [0.717, 1.165) is 6.07 Å². The molecule has 0 aromatic heterocycles. The van der Waals surface area contributed by atoms with Crippen LogP contribution in [0.15, 0.2) is 12.1 Å². The van der Waals surface area contributed by atoms with Gasteiger partial charge in [-0.1, -0.05) is 0 Å². The van der Waals surface area contributed by atoms with Gasteiger partial charge in [-0.05, 0) is 17.7 Å². The molecule has 0 atom stereocenters. The molecule has 0 saturated heterocycles. The Morgan fingerprint density at radius 3 is 2.53 bits per heavy atom. The number of carbonyl (C=O) groups excluding carboxylic acids is 1. The standard InChI is InChI=1S/C11H8F3NO2/c1-17-8-4-7(6-16)9(2-3-15)10(5-8)11(12,13)14/h4-6H,2H2,1H3. The quantitative estimate of drug-likeness (QED) is 0.766. The van der Waals surface area contributed by atoms with Crippen molar-refractivity contribution in [2.24, 2.45) is 0 Å². The highest BCUT2D eigenvalue weighted by Crippen LogP contribution is 2.36. The first-order valence-electron chi connectivity index (χ1n) is 4.54. The molecule has 0 saturated carbocycles. The van der Waals surface area contributed by atoms with Gasteiger partial charge in [-0.2, -0.15) is 18.4 Å². The van der Waals surface area contributed by atoms with E-state index in [2.05, 4.69) is 4.74 Å². The molecule has 1 aromatic carbocycles. The van der Waals surface area contributed by atoms with Crippen molar-refractivity contribution in [2.75, 3.05) is 7.11 Å². The van der Waals surface area contributed by atoms with Crippen molar-refractivity contribution in [3.05, 3.63) is 28.8 Å². The Labute approximate surface area is 95.4 Å². The number of nitriles is 1. The lowest BCUT2D eigenvalue weighted by atomic mass is 9.98. The van der Waals surface area contributed by atoms with Gasteiger partial charge in [-0.3, -0.25) is 4.79 Å². The predicted molar refractivity (Wildman–Crippen MR) is 52.7 cm³/mol. The zero-order valence-electron chi connectivity index (χ0n) is 8.84. The van der Waals surface area contributed by atoms with E-state index >= 15 is 0 Å². The molecule has 90 valence electrons. The van der Waals surface area contributed by atoms with Crippen LogP contribution in [0.2, 0.25) is 0 Å². The van der Waals surface area contributed by atoms with Crippen LogP contribution in [0, 0.1) is 11.3 Å². The van der Waals surface area contributed by atoms with Crippen molar-refractivity contribution < 1.29 is 22.7 Å². The van der Waals surface area contributed by atoms with Gasteiger partial charge in [-0.25, -0.2) is 0 Å². The van der Waals surface area contributed by atoms with Crippen molar-refractivity contribution in [1.29, 1.82) is 5.26 Å². The second-order valence-electron chi connectivity index (χ2n) is 3.19. The number of aldehydes is 1. The SMILES string of the molecule is COc1cc(C=O)c(CC#N)c(C(F)(F)F)c1. The van der Waals surface area contributed by atoms with E-state index in [4.69, 9.17) is 5.26 Å². The molecular formula is C11H8F3NO2. The van der Waals surface area contributed by atoms with Crippen LogP contribution in [-0.2, 0) is 12.6 Å². The van der Waals surface area contributed by atoms with Gasteiger partial charge in [0.2, 0.25) is 0 Å². The van der Waals surface area contributed by atoms with Gasteiger partial charge in [0.05, 0.1) is 25.2 Å². The van der Waals surface area contributed by atoms with Gasteiger partial charge in [0.25, 0.3) is 0 Å². The zero-order chi connectivity index (χ0) is 13.1. The normalized spacial score (nSPS) is 10.8. The number of benzene rings is 1. The van der Waals surface area contributed by atoms with Crippen LogP contribution in [0.5, 0.6) is 5.75 Å². The Morgan fingerprint density at radius 1 is 1.47 bits per heavy atom. The fraction of sp³-hybridized carbons (Fsp3) is 0.273. The zero-order valence-corrected chi connectivity index (χ0v) is 8.84. The van der Waals surface area contributed by atoms with E-state index in [1.54, 1.807) is 6.07 Å². The number of hydrogen-bond acceptors (Lipinski definition) is 3. The summed E-state index contributed by atoms with van der Waals surface area (Å²) in [5.74, 6) is -0.0684. The molecule has 17 heavy (non-hydrogen) atoms. The molecule has 0 aliphatic heterocycles. The molecular weight excluding hydrogens is 235 g/mol. The first-order chi connectivity index (χ1) is 7.93. The molecule has 0 aliphatic rings. The van der Waals surface area contributed by atoms with Gasteiger partial charge < -0.3 is 4.74 Å². The number of hydrogen-bond donors (Lipinski definition) is 0. The second kappa shape index (κ2) is 4.87. The molecule has 0 fully saturated rings. The highest BCUT2D eigenvalue weighted by atomic mass is 19.4. The van der Waals surface area contributed by atoms with Crippen molar-refractivity contribution in [2.45, 2.75) is 12.6 Å². The molecule has 0 aliphatic carbocycles. The van der Waals surface area contributed by atoms with Crippen LogP contribution in [0.1, 0.15) is 21.5 Å². The fourth-order valence-electron chi connectivity index (χ4n) is 1.42. The van der Waals surface area contributed by atoms with Crippen molar-refractivity contribution in [3.63, 3.8) is 0 Å². The molecule has 0 N–H and O–H groups in total. The summed E-state index contributed by atoms with van der Waals surface area (Å²) in [7, 11) is 1.20. The third kappa shape index (κ3) is 2.75. The molecule has 1 aromatic rings. The average Bonchev–Trinajstić information content (AvgIpc) is 2.28. The summed E-state index contributed by atoms with van der Waals surface area (Å²) in [6, 6.07) is 3.56. The highest BCUT2D eigenvalue weighted by molar-refractivity contribution is 5.79. The lowest BCUT2D eigenvalue weighted by molar-refractivity contribution is -0.138. The Bertz CT molecular complexity index is 475. The van der Waals surface area contributed by atoms with Crippen LogP contribution in [0.4, 0.5) is 13.2 Å². The lowest BCUT2D eigenvalue weighted by Gasteiger charge is -2.14. The second-order valence-corrected chi connectivity index (χ2v) is 3.19. The van der Waals surface area contributed by atoms with E-state index in [0.29, 0.717) is 0 Å². The van der Waals surface area contributed by atoms with Gasteiger partial charge in [-0.15, -0.1) is 0 Å². The number of carbonyl (C=O) groups is 1. The topological polar surface area (TPSA) is 50.1 Å². The Morgan fingerprint density at radius 2 is 2.12 bits per heavy atom. The van der Waals surface area contributed by atoms with Crippen LogP contribution >= 0.6 is 0 Å². The molecule has 0 unspecified atom stereocenters. The monoisotopic (exact) mass is 243 g/mol. The summed E-state index contributed by atoms with van der Waals surface area (Å²) < 4.78 is 42.9. The highest BCUT2D eigenvalue weighted by Gasteiger charge is 2.35. The van der Waals surface area contributed by atoms with E-state index < -0.39 is 18.2 Å². The molecule has 0 amide bonds. The number of methoxy groups -OCH3 is 1. The van der Waals surface area contributed by atoms with Crippen LogP contribution in [0.3, 0.4) is 0 Å². The van der Waals surface area contributed by atoms with Crippen LogP contribution in [0.25, 0.3) is 0 Å². The first-order valence-corrected chi connectivity index (χ1v) is 4.54. The molecule has 0 heterocycles. The minimum Gasteiger partial charge on any atom is -0.497 e. The number of ether oxygens (including phenoxy) is 1. The Balaban J connectivity index is 3.53. The smallest absolute Gasteiger partial charge is 0.416 e. The maximum Gasteiger partial charge on any atom is 0.416 e. The summed E-state index contributed by atoms with van der Waals surface area (Å²) in [6.07, 6.45) is -4.82. The molecule has 0 radical (unpaired) electrons. The minimum atomic E-state index is -4.63. The maximum atomic E-state index is 12.7. The number of alkyl halides is 3. The lowest BCUT2D eigenvalue weighted by Crippen LogP contribution is -2.11. The van der Waals surface area contributed by atoms with Crippen LogP contribution in [-0.4, -0.2) is 13.4 Å². The summed E-state index contributed by atoms with van der Waals surface area (Å²) in [5, 5.41) is 8.49. The van der Waals surface area contributed by atoms with Gasteiger partial charge in [0.1, 0.15) is 5.75 Å². The molecule has 1 rings (SSSR count). The fourth-order valence-corrected chi connectivity index (χ4v) is 1.42. The summed E-state index contributed by atoms with van der Waals surface area (Å²) in [5.41, 5.74) is -1.52. The number of halogens is 3. The summed E-state index contributed by atoms with van der Waals surface area (Å²) in [4.78, 5) is 10.7. The third-order valence-corrected chi connectivity index (χ3v) is 2.18. The average molecular weight is 243 g/mol. The predicted octanol–water partition coefficient (Wildman–Crippen LogP) is 2.59. The summed E-state index contributed by atoms with van der Waals surface area (Å²) in [6.45, 7) is 0. The molecule has 6 heteroatoms. The van der Waals surface area contributed by atoms with Crippen molar-refractivity contribution >= 4 is 6.29 Å². The molecule has 3 nitrogen and oxygen atoms in total. The minimum absolute atomic E-state index is 0.0684. The van der Waals surface area contributed by atoms with Gasteiger partial charge in [0, 0.05) is 5.56 Å². The van der Waals surface area contributed by atoms with Gasteiger partial charge in [0.15, 0.2) is 6.29 Å². The van der Waals surface area contributed by atoms with Gasteiger partial charge >= 0.3 is 6.18 Å². The van der Waals surface area contributed by atoms with E-state index in [1.807, 2.05) is 0 Å². The van der Waals surface area contributed by atoms with Crippen molar-refractivity contribution in [1.82, 2.24) is 0 Å². The Hall–Kier alpha value is -2.03.